The molecule has 0 radical (unpaired) electrons. The summed E-state index contributed by atoms with van der Waals surface area (Å²) in [6.45, 7) is 8.40. The summed E-state index contributed by atoms with van der Waals surface area (Å²) in [7, 11) is 0. The number of carbonyl (C=O) groups is 3. The average Bonchev–Trinajstić information content (AvgIpc) is 3.15. The molecule has 4 amide bonds. The number of carbonyl (C=O) groups excluding carboxylic acids is 3. The van der Waals surface area contributed by atoms with Crippen LogP contribution in [0.5, 0.6) is 0 Å². The number of halogens is 1. The Balaban J connectivity index is 1.49. The van der Waals surface area contributed by atoms with Crippen LogP contribution in [0.2, 0.25) is 5.02 Å². The number of hydrogen-bond donors (Lipinski definition) is 2. The third kappa shape index (κ3) is 2.87. The molecule has 2 saturated carbocycles. The van der Waals surface area contributed by atoms with Crippen molar-refractivity contribution in [2.45, 2.75) is 65.0 Å². The number of nitrogens with one attached hydrogen (secondary N) is 2. The van der Waals surface area contributed by atoms with Gasteiger partial charge >= 0.3 is 6.03 Å². The fourth-order valence-corrected chi connectivity index (χ4v) is 6.08. The predicted octanol–water partition coefficient (Wildman–Crippen LogP) is 3.83. The van der Waals surface area contributed by atoms with E-state index in [0.29, 0.717) is 22.9 Å². The van der Waals surface area contributed by atoms with E-state index in [1.54, 1.807) is 24.3 Å². The maximum Gasteiger partial charge on any atom is 0.325 e. The van der Waals surface area contributed by atoms with Gasteiger partial charge in [0.05, 0.1) is 0 Å². The number of amides is 4. The summed E-state index contributed by atoms with van der Waals surface area (Å²) in [4.78, 5) is 39.8. The SMILES string of the molecule is CCC1(c2ccc(Cl)cc2)NC(=O)N(CC(=O)NC2CC3CCC2(C)C3(C)C)C1=O. The largest absolute Gasteiger partial charge is 0.351 e. The summed E-state index contributed by atoms with van der Waals surface area (Å²) >= 11 is 5.97. The molecule has 1 saturated heterocycles. The van der Waals surface area contributed by atoms with Gasteiger partial charge in [-0.2, -0.15) is 0 Å². The quantitative estimate of drug-likeness (QED) is 0.695. The van der Waals surface area contributed by atoms with Crippen LogP contribution < -0.4 is 10.6 Å². The van der Waals surface area contributed by atoms with Gasteiger partial charge in [-0.1, -0.05) is 51.4 Å². The van der Waals surface area contributed by atoms with Crippen molar-refractivity contribution >= 4 is 29.4 Å². The Bertz CT molecular complexity index is 899. The van der Waals surface area contributed by atoms with Crippen LogP contribution in [0.1, 0.15) is 58.9 Å². The third-order valence-corrected chi connectivity index (χ3v) is 8.73. The lowest BCUT2D eigenvalue weighted by atomic mass is 9.69. The van der Waals surface area contributed by atoms with Crippen molar-refractivity contribution in [3.05, 3.63) is 34.9 Å². The fraction of sp³-hybridized carbons (Fsp3) is 0.609. The fourth-order valence-electron chi connectivity index (χ4n) is 5.95. The van der Waals surface area contributed by atoms with Crippen molar-refractivity contribution in [2.24, 2.45) is 16.7 Å². The predicted molar refractivity (Wildman–Crippen MR) is 115 cm³/mol. The van der Waals surface area contributed by atoms with Crippen LogP contribution in [0.15, 0.2) is 24.3 Å². The monoisotopic (exact) mass is 431 g/mol. The van der Waals surface area contributed by atoms with Crippen molar-refractivity contribution < 1.29 is 14.4 Å². The smallest absolute Gasteiger partial charge is 0.325 e. The maximum atomic E-state index is 13.3. The van der Waals surface area contributed by atoms with E-state index < -0.39 is 17.5 Å². The molecule has 1 aliphatic heterocycles. The van der Waals surface area contributed by atoms with Crippen LogP contribution in [0, 0.1) is 16.7 Å². The molecule has 3 fully saturated rings. The molecule has 162 valence electrons. The first kappa shape index (κ1) is 21.2. The van der Waals surface area contributed by atoms with Crippen LogP contribution in [0.4, 0.5) is 4.79 Å². The Morgan fingerprint density at radius 1 is 1.23 bits per heavy atom. The Morgan fingerprint density at radius 2 is 1.90 bits per heavy atom. The summed E-state index contributed by atoms with van der Waals surface area (Å²) in [5, 5.41) is 6.51. The Kier molecular flexibility index (Phi) is 4.92. The molecule has 0 spiro atoms. The van der Waals surface area contributed by atoms with E-state index in [0.717, 1.165) is 17.7 Å². The molecule has 1 aromatic rings. The zero-order valence-corrected chi connectivity index (χ0v) is 18.8. The van der Waals surface area contributed by atoms with Gasteiger partial charge in [-0.15, -0.1) is 0 Å². The van der Waals surface area contributed by atoms with Gasteiger partial charge in [0.25, 0.3) is 5.91 Å². The lowest BCUT2D eigenvalue weighted by Gasteiger charge is -2.39. The number of benzene rings is 1. The van der Waals surface area contributed by atoms with Gasteiger partial charge in [0.2, 0.25) is 5.91 Å². The molecule has 4 rings (SSSR count). The summed E-state index contributed by atoms with van der Waals surface area (Å²) in [6.07, 6.45) is 3.63. The van der Waals surface area contributed by atoms with Gasteiger partial charge in [0.15, 0.2) is 0 Å². The molecule has 1 heterocycles. The lowest BCUT2D eigenvalue weighted by molar-refractivity contribution is -0.135. The molecule has 4 atom stereocenters. The highest BCUT2D eigenvalue weighted by Crippen LogP contribution is 2.65. The number of urea groups is 1. The summed E-state index contributed by atoms with van der Waals surface area (Å²) in [5.74, 6) is -0.0785. The van der Waals surface area contributed by atoms with E-state index >= 15 is 0 Å². The van der Waals surface area contributed by atoms with Crippen LogP contribution >= 0.6 is 11.6 Å². The molecule has 7 heteroatoms. The van der Waals surface area contributed by atoms with E-state index in [1.165, 1.54) is 6.42 Å². The van der Waals surface area contributed by atoms with Crippen molar-refractivity contribution in [2.75, 3.05) is 6.54 Å². The number of nitrogens with zero attached hydrogens (tertiary/aromatic N) is 1. The first-order valence-electron chi connectivity index (χ1n) is 10.7. The molecule has 1 aromatic carbocycles. The molecular weight excluding hydrogens is 402 g/mol. The van der Waals surface area contributed by atoms with Gasteiger partial charge in [-0.25, -0.2) is 4.79 Å². The molecule has 4 unspecified atom stereocenters. The number of hydrogen-bond acceptors (Lipinski definition) is 3. The Labute approximate surface area is 182 Å². The van der Waals surface area contributed by atoms with Crippen molar-refractivity contribution in [3.63, 3.8) is 0 Å². The van der Waals surface area contributed by atoms with E-state index in [4.69, 9.17) is 11.6 Å². The van der Waals surface area contributed by atoms with Gasteiger partial charge in [0, 0.05) is 11.1 Å². The second kappa shape index (κ2) is 6.98. The number of rotatable bonds is 5. The minimum absolute atomic E-state index is 0.0427. The van der Waals surface area contributed by atoms with E-state index in [9.17, 15) is 14.4 Å². The van der Waals surface area contributed by atoms with Crippen molar-refractivity contribution in [3.8, 4) is 0 Å². The van der Waals surface area contributed by atoms with Crippen LogP contribution in [0.3, 0.4) is 0 Å². The van der Waals surface area contributed by atoms with Gasteiger partial charge < -0.3 is 10.6 Å². The van der Waals surface area contributed by atoms with Gasteiger partial charge in [-0.05, 0) is 60.1 Å². The Hall–Kier alpha value is -2.08. The number of imide groups is 1. The minimum Gasteiger partial charge on any atom is -0.351 e. The van der Waals surface area contributed by atoms with E-state index in [1.807, 2.05) is 6.92 Å². The topological polar surface area (TPSA) is 78.5 Å². The van der Waals surface area contributed by atoms with E-state index in [2.05, 4.69) is 31.4 Å². The molecule has 2 bridgehead atoms. The summed E-state index contributed by atoms with van der Waals surface area (Å²) < 4.78 is 0. The van der Waals surface area contributed by atoms with Crippen LogP contribution in [-0.4, -0.2) is 35.3 Å². The second-order valence-electron chi connectivity index (χ2n) is 9.82. The van der Waals surface area contributed by atoms with Crippen molar-refractivity contribution in [1.29, 1.82) is 0 Å². The van der Waals surface area contributed by atoms with Crippen molar-refractivity contribution in [1.82, 2.24) is 15.5 Å². The van der Waals surface area contributed by atoms with E-state index in [-0.39, 0.29) is 29.3 Å². The lowest BCUT2D eigenvalue weighted by Crippen LogP contribution is -2.50. The van der Waals surface area contributed by atoms with Gasteiger partial charge in [-0.3, -0.25) is 14.5 Å². The highest BCUT2D eigenvalue weighted by atomic mass is 35.5. The zero-order valence-electron chi connectivity index (χ0n) is 18.0. The first-order chi connectivity index (χ1) is 14.0. The molecular formula is C23H30ClN3O3. The first-order valence-corrected chi connectivity index (χ1v) is 11.1. The van der Waals surface area contributed by atoms with Crippen LogP contribution in [0.25, 0.3) is 0 Å². The molecule has 2 aliphatic carbocycles. The molecule has 0 aromatic heterocycles. The zero-order chi connectivity index (χ0) is 21.9. The minimum atomic E-state index is -1.16. The third-order valence-electron chi connectivity index (χ3n) is 8.47. The summed E-state index contributed by atoms with van der Waals surface area (Å²) in [6, 6.07) is 6.41. The van der Waals surface area contributed by atoms with Crippen LogP contribution in [-0.2, 0) is 15.1 Å². The highest BCUT2D eigenvalue weighted by Gasteiger charge is 2.61. The van der Waals surface area contributed by atoms with Gasteiger partial charge in [0.1, 0.15) is 12.1 Å². The average molecular weight is 432 g/mol. The standard InChI is InChI=1S/C23H30ClN3O3/c1-5-23(14-6-8-16(24)9-7-14)19(29)27(20(30)26-23)13-18(28)25-17-12-15-10-11-22(17,4)21(15,2)3/h6-9,15,17H,5,10-13H2,1-4H3,(H,25,28)(H,26,30). The summed E-state index contributed by atoms with van der Waals surface area (Å²) in [5.41, 5.74) is -0.278. The second-order valence-corrected chi connectivity index (χ2v) is 10.3. The molecule has 6 nitrogen and oxygen atoms in total. The molecule has 30 heavy (non-hydrogen) atoms. The molecule has 2 N–H and O–H groups in total. The molecule has 3 aliphatic rings. The highest BCUT2D eigenvalue weighted by molar-refractivity contribution is 6.30. The maximum absolute atomic E-state index is 13.3. The number of fused-ring (bicyclic) bond motifs is 2. The normalized spacial score (nSPS) is 34.4. The Morgan fingerprint density at radius 3 is 2.43 bits per heavy atom.